The minimum Gasteiger partial charge on any atom is -0.480 e. The maximum Gasteiger partial charge on any atom is 0.320 e. The van der Waals surface area contributed by atoms with Gasteiger partial charge in [0, 0.05) is 12.1 Å². The Balaban J connectivity index is 2.55. The van der Waals surface area contributed by atoms with Crippen molar-refractivity contribution in [3.05, 3.63) is 23.8 Å². The van der Waals surface area contributed by atoms with Gasteiger partial charge in [0.25, 0.3) is 0 Å². The smallest absolute Gasteiger partial charge is 0.320 e. The Morgan fingerprint density at radius 1 is 1.77 bits per heavy atom. The minimum atomic E-state index is -0.998. The Bertz CT molecular complexity index is 292. The third-order valence-corrected chi connectivity index (χ3v) is 1.85. The maximum atomic E-state index is 10.4. The Hall–Kier alpha value is -1.42. The van der Waals surface area contributed by atoms with Gasteiger partial charge in [-0.15, -0.1) is 0 Å². The molecule has 1 rings (SSSR count). The van der Waals surface area contributed by atoms with Gasteiger partial charge in [-0.05, 0) is 12.5 Å². The highest BCUT2D eigenvalue weighted by atomic mass is 16.4. The third kappa shape index (κ3) is 2.83. The third-order valence-electron chi connectivity index (χ3n) is 1.85. The molecule has 0 heterocycles. The van der Waals surface area contributed by atoms with E-state index in [1.54, 1.807) is 12.2 Å². The van der Waals surface area contributed by atoms with E-state index in [9.17, 15) is 4.79 Å². The van der Waals surface area contributed by atoms with Gasteiger partial charge in [-0.1, -0.05) is 17.7 Å². The van der Waals surface area contributed by atoms with Crippen LogP contribution in [-0.4, -0.2) is 22.8 Å². The van der Waals surface area contributed by atoms with Crippen molar-refractivity contribution in [3.63, 3.8) is 0 Å². The van der Waals surface area contributed by atoms with Gasteiger partial charge >= 0.3 is 5.97 Å². The van der Waals surface area contributed by atoms with Crippen LogP contribution in [-0.2, 0) is 4.79 Å². The molecule has 0 bridgehead atoms. The van der Waals surface area contributed by atoms with Crippen molar-refractivity contribution in [2.45, 2.75) is 18.9 Å². The molecule has 70 valence electrons. The molecular weight excluding hydrogens is 168 g/mol. The molecule has 0 fully saturated rings. The van der Waals surface area contributed by atoms with Crippen LogP contribution in [0.3, 0.4) is 0 Å². The van der Waals surface area contributed by atoms with Gasteiger partial charge in [-0.2, -0.15) is 0 Å². The highest BCUT2D eigenvalue weighted by Gasteiger charge is 2.14. The summed E-state index contributed by atoms with van der Waals surface area (Å²) < 4.78 is 0. The number of allylic oxidation sites excluding steroid dienone is 3. The van der Waals surface area contributed by atoms with Crippen LogP contribution in [0.2, 0.25) is 0 Å². The van der Waals surface area contributed by atoms with Gasteiger partial charge in [0.2, 0.25) is 0 Å². The molecule has 0 aromatic carbocycles. The van der Waals surface area contributed by atoms with Gasteiger partial charge < -0.3 is 16.2 Å². The second-order valence-corrected chi connectivity index (χ2v) is 3.03. The lowest BCUT2D eigenvalue weighted by molar-refractivity contribution is -0.138. The number of rotatable bonds is 3. The molecule has 13 heavy (non-hydrogen) atoms. The molecule has 1 aliphatic carbocycles. The fraction of sp³-hybridized carbons (Fsp3) is 0.333. The molecule has 4 heteroatoms. The number of carbonyl (C=O) groups is 1. The molecule has 0 amide bonds. The van der Waals surface area contributed by atoms with Crippen molar-refractivity contribution in [1.82, 2.24) is 0 Å². The van der Waals surface area contributed by atoms with Crippen LogP contribution < -0.4 is 5.73 Å². The Kier molecular flexibility index (Phi) is 2.97. The first-order valence-electron chi connectivity index (χ1n) is 4.01. The van der Waals surface area contributed by atoms with Crippen LogP contribution in [0.25, 0.3) is 0 Å². The quantitative estimate of drug-likeness (QED) is 0.597. The second-order valence-electron chi connectivity index (χ2n) is 3.03. The molecule has 0 aromatic heterocycles. The molecule has 0 radical (unpaired) electrons. The molecule has 0 aliphatic heterocycles. The Labute approximate surface area is 76.3 Å². The van der Waals surface area contributed by atoms with E-state index in [4.69, 9.17) is 16.2 Å². The van der Waals surface area contributed by atoms with Crippen molar-refractivity contribution in [1.29, 1.82) is 5.41 Å². The van der Waals surface area contributed by atoms with Gasteiger partial charge in [-0.25, -0.2) is 0 Å². The van der Waals surface area contributed by atoms with E-state index in [0.717, 1.165) is 5.57 Å². The normalized spacial score (nSPS) is 18.2. The van der Waals surface area contributed by atoms with E-state index in [2.05, 4.69) is 0 Å². The highest BCUT2D eigenvalue weighted by molar-refractivity contribution is 5.95. The molecule has 0 saturated heterocycles. The van der Waals surface area contributed by atoms with Crippen molar-refractivity contribution >= 4 is 11.7 Å². The Morgan fingerprint density at radius 2 is 2.46 bits per heavy atom. The van der Waals surface area contributed by atoms with Crippen LogP contribution >= 0.6 is 0 Å². The molecule has 4 N–H and O–H groups in total. The summed E-state index contributed by atoms with van der Waals surface area (Å²) >= 11 is 0. The number of hydrogen-bond acceptors (Lipinski definition) is 3. The summed E-state index contributed by atoms with van der Waals surface area (Å²) in [6, 6.07) is -0.856. The average molecular weight is 180 g/mol. The summed E-state index contributed by atoms with van der Waals surface area (Å²) in [6.45, 7) is 0. The van der Waals surface area contributed by atoms with Crippen LogP contribution in [0.4, 0.5) is 0 Å². The zero-order chi connectivity index (χ0) is 9.84. The van der Waals surface area contributed by atoms with Crippen LogP contribution in [0.5, 0.6) is 0 Å². The summed E-state index contributed by atoms with van der Waals surface area (Å²) in [7, 11) is 0. The predicted molar refractivity (Wildman–Crippen MR) is 49.8 cm³/mol. The second kappa shape index (κ2) is 4.00. The van der Waals surface area contributed by atoms with Gasteiger partial charge in [-0.3, -0.25) is 4.79 Å². The lowest BCUT2D eigenvalue weighted by atomic mass is 9.97. The predicted octanol–water partition coefficient (Wildman–Crippen LogP) is 0.694. The van der Waals surface area contributed by atoms with E-state index >= 15 is 0 Å². The number of aliphatic carboxylic acids is 1. The van der Waals surface area contributed by atoms with E-state index in [1.165, 1.54) is 0 Å². The molecular formula is C9H12N2O2. The van der Waals surface area contributed by atoms with E-state index in [0.29, 0.717) is 18.6 Å². The monoisotopic (exact) mass is 180 g/mol. The molecule has 0 spiro atoms. The summed E-state index contributed by atoms with van der Waals surface area (Å²) in [5.74, 6) is -0.998. The lowest BCUT2D eigenvalue weighted by Crippen LogP contribution is -2.30. The molecule has 0 unspecified atom stereocenters. The summed E-state index contributed by atoms with van der Waals surface area (Å²) in [5, 5.41) is 15.9. The van der Waals surface area contributed by atoms with Crippen LogP contribution in [0, 0.1) is 5.41 Å². The zero-order valence-electron chi connectivity index (χ0n) is 7.16. The fourth-order valence-corrected chi connectivity index (χ4v) is 1.17. The SMILES string of the molecule is N=C1C=CC=C(C[C@H](N)C(=O)O)C1. The first-order chi connectivity index (χ1) is 6.09. The maximum absolute atomic E-state index is 10.4. The molecule has 0 aromatic rings. The lowest BCUT2D eigenvalue weighted by Gasteiger charge is -2.12. The molecule has 4 nitrogen and oxygen atoms in total. The first-order valence-corrected chi connectivity index (χ1v) is 4.01. The molecule has 1 atom stereocenters. The number of hydrogen-bond donors (Lipinski definition) is 3. The standard InChI is InChI=1S/C9H12N2O2/c10-7-3-1-2-6(4-7)5-8(11)9(12)13/h1-3,8,10H,4-5,11H2,(H,12,13)/t8-/m0/s1. The topological polar surface area (TPSA) is 87.2 Å². The number of nitrogens with one attached hydrogen (secondary N) is 1. The minimum absolute atomic E-state index is 0.321. The van der Waals surface area contributed by atoms with E-state index < -0.39 is 12.0 Å². The first kappa shape index (κ1) is 9.67. The van der Waals surface area contributed by atoms with Crippen molar-refractivity contribution in [2.24, 2.45) is 5.73 Å². The average Bonchev–Trinajstić information content (AvgIpc) is 2.04. The zero-order valence-corrected chi connectivity index (χ0v) is 7.16. The van der Waals surface area contributed by atoms with E-state index in [1.807, 2.05) is 6.08 Å². The van der Waals surface area contributed by atoms with Crippen LogP contribution in [0.15, 0.2) is 23.8 Å². The Morgan fingerprint density at radius 3 is 3.00 bits per heavy atom. The van der Waals surface area contributed by atoms with Gasteiger partial charge in [0.1, 0.15) is 6.04 Å². The van der Waals surface area contributed by atoms with E-state index in [-0.39, 0.29) is 0 Å². The summed E-state index contributed by atoms with van der Waals surface area (Å²) in [4.78, 5) is 10.4. The molecule has 1 aliphatic rings. The van der Waals surface area contributed by atoms with Gasteiger partial charge in [0.15, 0.2) is 0 Å². The summed E-state index contributed by atoms with van der Waals surface area (Å²) in [5.41, 5.74) is 6.76. The number of carboxylic acids is 1. The number of carboxylic acid groups (broad SMARTS) is 1. The van der Waals surface area contributed by atoms with Crippen LogP contribution in [0.1, 0.15) is 12.8 Å². The highest BCUT2D eigenvalue weighted by Crippen LogP contribution is 2.14. The fourth-order valence-electron chi connectivity index (χ4n) is 1.17. The largest absolute Gasteiger partial charge is 0.480 e. The van der Waals surface area contributed by atoms with Gasteiger partial charge in [0.05, 0.1) is 0 Å². The van der Waals surface area contributed by atoms with Crippen molar-refractivity contribution in [2.75, 3.05) is 0 Å². The van der Waals surface area contributed by atoms with Crippen molar-refractivity contribution < 1.29 is 9.90 Å². The molecule has 0 saturated carbocycles. The number of nitrogens with two attached hydrogens (primary N) is 1. The van der Waals surface area contributed by atoms with Crippen molar-refractivity contribution in [3.8, 4) is 0 Å². The summed E-state index contributed by atoms with van der Waals surface area (Å²) in [6.07, 6.45) is 6.09.